The van der Waals surface area contributed by atoms with E-state index in [0.29, 0.717) is 19.7 Å². The molecule has 1 amide bonds. The highest BCUT2D eigenvalue weighted by Gasteiger charge is 2.44. The normalized spacial score (nSPS) is 23.5. The number of nitrogens with zero attached hydrogens (tertiary/aromatic N) is 1. The molecule has 0 aliphatic carbocycles. The highest BCUT2D eigenvalue weighted by molar-refractivity contribution is 5.76. The molecule has 1 aliphatic heterocycles. The molecule has 0 spiro atoms. The van der Waals surface area contributed by atoms with Gasteiger partial charge in [0.2, 0.25) is 0 Å². The third kappa shape index (κ3) is 4.87. The molecule has 1 heterocycles. The smallest absolute Gasteiger partial charge is 0.410 e. The van der Waals surface area contributed by atoms with Crippen LogP contribution in [-0.4, -0.2) is 48.3 Å². The van der Waals surface area contributed by atoms with E-state index in [0.717, 1.165) is 0 Å². The van der Waals surface area contributed by atoms with Gasteiger partial charge in [-0.05, 0) is 33.6 Å². The van der Waals surface area contributed by atoms with Crippen molar-refractivity contribution in [2.45, 2.75) is 53.2 Å². The number of rotatable bonds is 4. The van der Waals surface area contributed by atoms with E-state index in [9.17, 15) is 9.59 Å². The van der Waals surface area contributed by atoms with Gasteiger partial charge in [-0.3, -0.25) is 4.79 Å². The summed E-state index contributed by atoms with van der Waals surface area (Å²) in [7, 11) is 0. The minimum absolute atomic E-state index is 0.105. The van der Waals surface area contributed by atoms with Gasteiger partial charge in [-0.1, -0.05) is 13.8 Å². The van der Waals surface area contributed by atoms with E-state index < -0.39 is 11.7 Å². The van der Waals surface area contributed by atoms with E-state index in [1.165, 1.54) is 0 Å². The zero-order valence-corrected chi connectivity index (χ0v) is 14.6. The van der Waals surface area contributed by atoms with Gasteiger partial charge in [-0.25, -0.2) is 4.79 Å². The summed E-state index contributed by atoms with van der Waals surface area (Å²) in [6.45, 7) is 12.3. The van der Waals surface area contributed by atoms with E-state index in [1.54, 1.807) is 11.8 Å². The standard InChI is InChI=1S/C16H30N2O4/c1-7-21-14(19)12-9-18(15(20)22-16(4,5)6)8-11(12)13(17)10(2)3/h10-13H,7-9,17H2,1-6H3. The van der Waals surface area contributed by atoms with Crippen LogP contribution in [0.2, 0.25) is 0 Å². The van der Waals surface area contributed by atoms with Crippen LogP contribution in [0.5, 0.6) is 0 Å². The fourth-order valence-corrected chi connectivity index (χ4v) is 2.69. The molecule has 6 nitrogen and oxygen atoms in total. The Morgan fingerprint density at radius 1 is 1.27 bits per heavy atom. The first-order chi connectivity index (χ1) is 10.1. The lowest BCUT2D eigenvalue weighted by molar-refractivity contribution is -0.149. The van der Waals surface area contributed by atoms with Crippen LogP contribution in [-0.2, 0) is 14.3 Å². The molecule has 3 unspecified atom stereocenters. The molecule has 1 fully saturated rings. The summed E-state index contributed by atoms with van der Waals surface area (Å²) in [5.41, 5.74) is 5.69. The van der Waals surface area contributed by atoms with E-state index in [-0.39, 0.29) is 29.8 Å². The zero-order chi connectivity index (χ0) is 17.1. The number of carbonyl (C=O) groups excluding carboxylic acids is 2. The summed E-state index contributed by atoms with van der Waals surface area (Å²) in [5, 5.41) is 0. The minimum atomic E-state index is -0.561. The van der Waals surface area contributed by atoms with Gasteiger partial charge >= 0.3 is 12.1 Å². The average molecular weight is 314 g/mol. The minimum Gasteiger partial charge on any atom is -0.466 e. The summed E-state index contributed by atoms with van der Waals surface area (Å²) in [6, 6.07) is -0.165. The Hall–Kier alpha value is -1.30. The predicted octanol–water partition coefficient (Wildman–Crippen LogP) is 2.02. The highest BCUT2D eigenvalue weighted by atomic mass is 16.6. The number of nitrogens with two attached hydrogens (primary N) is 1. The number of likely N-dealkylation sites (tertiary alicyclic amines) is 1. The first-order valence-electron chi connectivity index (χ1n) is 7.97. The molecular weight excluding hydrogens is 284 g/mol. The van der Waals surface area contributed by atoms with Gasteiger partial charge in [0.15, 0.2) is 0 Å². The van der Waals surface area contributed by atoms with Crippen molar-refractivity contribution in [2.24, 2.45) is 23.5 Å². The Labute approximate surface area is 133 Å². The van der Waals surface area contributed by atoms with Crippen molar-refractivity contribution in [2.75, 3.05) is 19.7 Å². The fourth-order valence-electron chi connectivity index (χ4n) is 2.69. The van der Waals surface area contributed by atoms with Crippen LogP contribution in [0.1, 0.15) is 41.5 Å². The van der Waals surface area contributed by atoms with E-state index in [4.69, 9.17) is 15.2 Å². The first kappa shape index (κ1) is 18.7. The second-order valence-corrected chi connectivity index (χ2v) is 7.23. The Balaban J connectivity index is 2.86. The Morgan fingerprint density at radius 2 is 1.86 bits per heavy atom. The molecule has 0 saturated carbocycles. The summed E-state index contributed by atoms with van der Waals surface area (Å²) in [4.78, 5) is 26.0. The van der Waals surface area contributed by atoms with Gasteiger partial charge in [-0.15, -0.1) is 0 Å². The number of carbonyl (C=O) groups is 2. The molecule has 3 atom stereocenters. The first-order valence-corrected chi connectivity index (χ1v) is 7.97. The molecule has 0 aromatic carbocycles. The Bertz CT molecular complexity index is 403. The highest BCUT2D eigenvalue weighted by Crippen LogP contribution is 2.30. The number of esters is 1. The molecule has 6 heteroatoms. The van der Waals surface area contributed by atoms with Crippen LogP contribution >= 0.6 is 0 Å². The monoisotopic (exact) mass is 314 g/mol. The molecular formula is C16H30N2O4. The second-order valence-electron chi connectivity index (χ2n) is 7.23. The van der Waals surface area contributed by atoms with Crippen molar-refractivity contribution in [1.29, 1.82) is 0 Å². The van der Waals surface area contributed by atoms with Crippen LogP contribution in [0.4, 0.5) is 4.79 Å². The van der Waals surface area contributed by atoms with E-state index >= 15 is 0 Å². The molecule has 0 radical (unpaired) electrons. The lowest BCUT2D eigenvalue weighted by Crippen LogP contribution is -2.42. The largest absolute Gasteiger partial charge is 0.466 e. The van der Waals surface area contributed by atoms with Crippen molar-refractivity contribution in [1.82, 2.24) is 4.90 Å². The lowest BCUT2D eigenvalue weighted by atomic mass is 9.84. The van der Waals surface area contributed by atoms with Gasteiger partial charge in [0.05, 0.1) is 12.5 Å². The molecule has 1 aliphatic rings. The molecule has 0 aromatic heterocycles. The number of hydrogen-bond donors (Lipinski definition) is 1. The second kappa shape index (κ2) is 7.31. The Morgan fingerprint density at radius 3 is 2.32 bits per heavy atom. The lowest BCUT2D eigenvalue weighted by Gasteiger charge is -2.27. The van der Waals surface area contributed by atoms with Gasteiger partial charge < -0.3 is 20.1 Å². The third-order valence-electron chi connectivity index (χ3n) is 3.87. The van der Waals surface area contributed by atoms with Crippen LogP contribution in [0.3, 0.4) is 0 Å². The Kier molecular flexibility index (Phi) is 6.23. The van der Waals surface area contributed by atoms with Crippen molar-refractivity contribution in [3.8, 4) is 0 Å². The van der Waals surface area contributed by atoms with Crippen molar-refractivity contribution in [3.05, 3.63) is 0 Å². The number of hydrogen-bond acceptors (Lipinski definition) is 5. The zero-order valence-electron chi connectivity index (χ0n) is 14.6. The summed E-state index contributed by atoms with van der Waals surface area (Å²) >= 11 is 0. The van der Waals surface area contributed by atoms with Crippen LogP contribution in [0.25, 0.3) is 0 Å². The predicted molar refractivity (Wildman–Crippen MR) is 84.2 cm³/mol. The van der Waals surface area contributed by atoms with Gasteiger partial charge in [0, 0.05) is 25.0 Å². The summed E-state index contributed by atoms with van der Waals surface area (Å²) in [6.07, 6.45) is -0.403. The van der Waals surface area contributed by atoms with E-state index in [2.05, 4.69) is 0 Å². The topological polar surface area (TPSA) is 81.9 Å². The molecule has 22 heavy (non-hydrogen) atoms. The quantitative estimate of drug-likeness (QED) is 0.803. The SMILES string of the molecule is CCOC(=O)C1CN(C(=O)OC(C)(C)C)CC1C(N)C(C)C. The maximum atomic E-state index is 12.2. The molecule has 1 saturated heterocycles. The fraction of sp³-hybridized carbons (Fsp3) is 0.875. The molecule has 2 N–H and O–H groups in total. The van der Waals surface area contributed by atoms with Gasteiger partial charge in [0.25, 0.3) is 0 Å². The number of ether oxygens (including phenoxy) is 2. The summed E-state index contributed by atoms with van der Waals surface area (Å²) in [5.74, 6) is -0.549. The van der Waals surface area contributed by atoms with Gasteiger partial charge in [-0.2, -0.15) is 0 Å². The molecule has 0 aromatic rings. The van der Waals surface area contributed by atoms with Crippen LogP contribution < -0.4 is 5.73 Å². The third-order valence-corrected chi connectivity index (χ3v) is 3.87. The van der Waals surface area contributed by atoms with Crippen LogP contribution in [0.15, 0.2) is 0 Å². The van der Waals surface area contributed by atoms with Crippen molar-refractivity contribution < 1.29 is 19.1 Å². The molecule has 128 valence electrons. The maximum absolute atomic E-state index is 12.2. The van der Waals surface area contributed by atoms with Crippen LogP contribution in [0, 0.1) is 17.8 Å². The van der Waals surface area contributed by atoms with Crippen molar-refractivity contribution in [3.63, 3.8) is 0 Å². The molecule has 1 rings (SSSR count). The number of amides is 1. The maximum Gasteiger partial charge on any atom is 0.410 e. The summed E-state index contributed by atoms with van der Waals surface area (Å²) < 4.78 is 10.5. The molecule has 0 bridgehead atoms. The van der Waals surface area contributed by atoms with Crippen molar-refractivity contribution >= 4 is 12.1 Å². The van der Waals surface area contributed by atoms with E-state index in [1.807, 2.05) is 34.6 Å². The van der Waals surface area contributed by atoms with Gasteiger partial charge in [0.1, 0.15) is 5.60 Å². The average Bonchev–Trinajstić information content (AvgIpc) is 2.80.